The van der Waals surface area contributed by atoms with Gasteiger partial charge in [-0.2, -0.15) is 0 Å². The molecule has 2 aromatic carbocycles. The van der Waals surface area contributed by atoms with Gasteiger partial charge in [-0.3, -0.25) is 4.79 Å². The Morgan fingerprint density at radius 2 is 1.67 bits per heavy atom. The van der Waals surface area contributed by atoms with E-state index in [1.807, 2.05) is 36.4 Å². The molecule has 0 saturated carbocycles. The number of carbonyl (C=O) groups excluding carboxylic acids is 1. The zero-order valence-corrected chi connectivity index (χ0v) is 13.4. The van der Waals surface area contributed by atoms with E-state index in [-0.39, 0.29) is 11.4 Å². The number of rotatable bonds is 5. The Bertz CT molecular complexity index is 608. The van der Waals surface area contributed by atoms with Crippen molar-refractivity contribution in [3.05, 3.63) is 65.7 Å². The molecule has 0 heterocycles. The highest BCUT2D eigenvalue weighted by molar-refractivity contribution is 7.80. The first-order valence-electron chi connectivity index (χ1n) is 7.12. The van der Waals surface area contributed by atoms with Crippen LogP contribution < -0.4 is 5.32 Å². The number of nitrogens with one attached hydrogen (secondary N) is 1. The molecule has 1 N–H and O–H groups in total. The van der Waals surface area contributed by atoms with E-state index in [2.05, 4.69) is 43.9 Å². The van der Waals surface area contributed by atoms with E-state index in [9.17, 15) is 4.79 Å². The summed E-state index contributed by atoms with van der Waals surface area (Å²) in [7, 11) is 0. The van der Waals surface area contributed by atoms with Gasteiger partial charge in [0.15, 0.2) is 0 Å². The molecule has 2 aromatic rings. The lowest BCUT2D eigenvalue weighted by Gasteiger charge is -2.26. The Hall–Kier alpha value is -1.74. The topological polar surface area (TPSA) is 29.1 Å². The fourth-order valence-electron chi connectivity index (χ4n) is 2.20. The molecule has 0 saturated heterocycles. The van der Waals surface area contributed by atoms with Crippen molar-refractivity contribution in [1.29, 1.82) is 0 Å². The molecule has 110 valence electrons. The van der Waals surface area contributed by atoms with Crippen LogP contribution in [0, 0.1) is 0 Å². The predicted molar refractivity (Wildman–Crippen MR) is 90.0 cm³/mol. The van der Waals surface area contributed by atoms with Crippen LogP contribution in [0.1, 0.15) is 36.2 Å². The molecule has 0 fully saturated rings. The van der Waals surface area contributed by atoms with Crippen molar-refractivity contribution in [2.75, 3.05) is 0 Å². The Morgan fingerprint density at radius 1 is 1.05 bits per heavy atom. The normalized spacial score (nSPS) is 11.2. The Kier molecular flexibility index (Phi) is 5.07. The third kappa shape index (κ3) is 4.64. The SMILES string of the molecule is CC(C)(CCc1ccccc1)NC(=O)c1ccccc1S. The molecule has 1 amide bonds. The van der Waals surface area contributed by atoms with Gasteiger partial charge >= 0.3 is 0 Å². The van der Waals surface area contributed by atoms with Gasteiger partial charge in [-0.25, -0.2) is 0 Å². The highest BCUT2D eigenvalue weighted by Gasteiger charge is 2.21. The van der Waals surface area contributed by atoms with E-state index < -0.39 is 0 Å². The van der Waals surface area contributed by atoms with E-state index in [0.29, 0.717) is 10.5 Å². The molecule has 0 radical (unpaired) electrons. The van der Waals surface area contributed by atoms with Crippen LogP contribution in [0.4, 0.5) is 0 Å². The second kappa shape index (κ2) is 6.81. The van der Waals surface area contributed by atoms with Crippen LogP contribution in [0.15, 0.2) is 59.5 Å². The zero-order valence-electron chi connectivity index (χ0n) is 12.5. The molecule has 2 nitrogen and oxygen atoms in total. The van der Waals surface area contributed by atoms with Gasteiger partial charge in [-0.1, -0.05) is 42.5 Å². The molecule has 0 spiro atoms. The van der Waals surface area contributed by atoms with Gasteiger partial charge in [0, 0.05) is 10.4 Å². The van der Waals surface area contributed by atoms with Crippen molar-refractivity contribution < 1.29 is 4.79 Å². The molecule has 2 rings (SSSR count). The molecule has 0 bridgehead atoms. The molecule has 0 aliphatic heterocycles. The summed E-state index contributed by atoms with van der Waals surface area (Å²) in [6, 6.07) is 17.7. The predicted octanol–water partition coefficient (Wildman–Crippen LogP) is 4.12. The molecular weight excluding hydrogens is 278 g/mol. The third-order valence-corrected chi connectivity index (χ3v) is 3.87. The average Bonchev–Trinajstić information content (AvgIpc) is 2.46. The Morgan fingerprint density at radius 3 is 2.33 bits per heavy atom. The van der Waals surface area contributed by atoms with Crippen LogP contribution in [0.3, 0.4) is 0 Å². The number of hydrogen-bond donors (Lipinski definition) is 2. The summed E-state index contributed by atoms with van der Waals surface area (Å²) in [5.74, 6) is -0.0707. The smallest absolute Gasteiger partial charge is 0.252 e. The summed E-state index contributed by atoms with van der Waals surface area (Å²) in [6.45, 7) is 4.10. The van der Waals surface area contributed by atoms with E-state index in [4.69, 9.17) is 0 Å². The third-order valence-electron chi connectivity index (χ3n) is 3.48. The zero-order chi connectivity index (χ0) is 15.3. The lowest BCUT2D eigenvalue weighted by atomic mass is 9.95. The van der Waals surface area contributed by atoms with Crippen LogP contribution in [-0.4, -0.2) is 11.4 Å². The van der Waals surface area contributed by atoms with Gasteiger partial charge in [0.1, 0.15) is 0 Å². The molecule has 0 aliphatic rings. The maximum atomic E-state index is 12.3. The maximum absolute atomic E-state index is 12.3. The number of benzene rings is 2. The summed E-state index contributed by atoms with van der Waals surface area (Å²) < 4.78 is 0. The molecule has 0 aliphatic carbocycles. The lowest BCUT2D eigenvalue weighted by Crippen LogP contribution is -2.43. The maximum Gasteiger partial charge on any atom is 0.252 e. The first kappa shape index (κ1) is 15.6. The molecule has 0 atom stereocenters. The van der Waals surface area contributed by atoms with Crippen molar-refractivity contribution in [2.45, 2.75) is 37.1 Å². The van der Waals surface area contributed by atoms with Crippen molar-refractivity contribution in [3.63, 3.8) is 0 Å². The fourth-order valence-corrected chi connectivity index (χ4v) is 2.47. The van der Waals surface area contributed by atoms with Crippen LogP contribution in [0.2, 0.25) is 0 Å². The first-order valence-corrected chi connectivity index (χ1v) is 7.57. The summed E-state index contributed by atoms with van der Waals surface area (Å²) in [4.78, 5) is 13.0. The minimum absolute atomic E-state index is 0.0707. The largest absolute Gasteiger partial charge is 0.347 e. The van der Waals surface area contributed by atoms with Gasteiger partial charge in [0.2, 0.25) is 0 Å². The van der Waals surface area contributed by atoms with Gasteiger partial charge in [0.25, 0.3) is 5.91 Å². The van der Waals surface area contributed by atoms with Gasteiger partial charge in [0.05, 0.1) is 5.56 Å². The first-order chi connectivity index (χ1) is 9.98. The van der Waals surface area contributed by atoms with Crippen molar-refractivity contribution in [3.8, 4) is 0 Å². The number of amides is 1. The molecule has 0 unspecified atom stereocenters. The standard InChI is InChI=1S/C18H21NOS/c1-18(2,13-12-14-8-4-3-5-9-14)19-17(20)15-10-6-7-11-16(15)21/h3-11,21H,12-13H2,1-2H3,(H,19,20). The van der Waals surface area contributed by atoms with E-state index in [1.165, 1.54) is 5.56 Å². The number of thiol groups is 1. The minimum Gasteiger partial charge on any atom is -0.347 e. The average molecular weight is 299 g/mol. The summed E-state index contributed by atoms with van der Waals surface area (Å²) >= 11 is 4.34. The summed E-state index contributed by atoms with van der Waals surface area (Å²) in [5.41, 5.74) is 1.64. The van der Waals surface area contributed by atoms with E-state index >= 15 is 0 Å². The van der Waals surface area contributed by atoms with Crippen molar-refractivity contribution >= 4 is 18.5 Å². The molecule has 0 aromatic heterocycles. The highest BCUT2D eigenvalue weighted by atomic mass is 32.1. The van der Waals surface area contributed by atoms with Crippen molar-refractivity contribution in [2.24, 2.45) is 0 Å². The highest BCUT2D eigenvalue weighted by Crippen LogP contribution is 2.17. The van der Waals surface area contributed by atoms with Crippen LogP contribution in [-0.2, 0) is 6.42 Å². The Balaban J connectivity index is 1.97. The minimum atomic E-state index is -0.261. The summed E-state index contributed by atoms with van der Waals surface area (Å²) in [6.07, 6.45) is 1.83. The Labute approximate surface area is 132 Å². The lowest BCUT2D eigenvalue weighted by molar-refractivity contribution is 0.0906. The molecular formula is C18H21NOS. The monoisotopic (exact) mass is 299 g/mol. The number of carbonyl (C=O) groups is 1. The quantitative estimate of drug-likeness (QED) is 0.799. The van der Waals surface area contributed by atoms with E-state index in [0.717, 1.165) is 12.8 Å². The van der Waals surface area contributed by atoms with Gasteiger partial charge in [-0.15, -0.1) is 12.6 Å². The molecule has 21 heavy (non-hydrogen) atoms. The fraction of sp³-hybridized carbons (Fsp3) is 0.278. The molecule has 3 heteroatoms. The van der Waals surface area contributed by atoms with Gasteiger partial charge < -0.3 is 5.32 Å². The second-order valence-corrected chi connectivity index (χ2v) is 6.32. The van der Waals surface area contributed by atoms with Crippen LogP contribution in [0.25, 0.3) is 0 Å². The van der Waals surface area contributed by atoms with Gasteiger partial charge in [-0.05, 0) is 44.4 Å². The van der Waals surface area contributed by atoms with Crippen LogP contribution in [0.5, 0.6) is 0 Å². The number of hydrogen-bond acceptors (Lipinski definition) is 2. The van der Waals surface area contributed by atoms with E-state index in [1.54, 1.807) is 6.07 Å². The number of aryl methyl sites for hydroxylation is 1. The van der Waals surface area contributed by atoms with Crippen molar-refractivity contribution in [1.82, 2.24) is 5.32 Å². The van der Waals surface area contributed by atoms with Crippen LogP contribution >= 0.6 is 12.6 Å². The summed E-state index contributed by atoms with van der Waals surface area (Å²) in [5, 5.41) is 3.10. The second-order valence-electron chi connectivity index (χ2n) is 5.84.